The standard InChI is InChI=1S/C14H21NO2/c1-14(2,3)15-9-12(10-16)17-13(15)11-7-5-4-6-8-11/h4-8,12-13,16H,9-10H2,1-3H3/p+1/t12-,13-/m1/s1. The summed E-state index contributed by atoms with van der Waals surface area (Å²) in [5, 5.41) is 9.28. The van der Waals surface area contributed by atoms with Crippen LogP contribution in [0.25, 0.3) is 0 Å². The van der Waals surface area contributed by atoms with Gasteiger partial charge in [0.15, 0.2) is 0 Å². The monoisotopic (exact) mass is 236 g/mol. The Morgan fingerprint density at radius 3 is 2.47 bits per heavy atom. The van der Waals surface area contributed by atoms with Crippen molar-refractivity contribution in [3.63, 3.8) is 0 Å². The van der Waals surface area contributed by atoms with Crippen LogP contribution in [0.1, 0.15) is 32.6 Å². The lowest BCUT2D eigenvalue weighted by Crippen LogP contribution is -3.17. The van der Waals surface area contributed by atoms with E-state index in [0.717, 1.165) is 6.54 Å². The lowest BCUT2D eigenvalue weighted by molar-refractivity contribution is -0.975. The minimum absolute atomic E-state index is 0.0355. The molecule has 0 saturated carbocycles. The maximum atomic E-state index is 9.28. The summed E-state index contributed by atoms with van der Waals surface area (Å²) < 4.78 is 5.95. The molecule has 17 heavy (non-hydrogen) atoms. The number of rotatable bonds is 2. The number of quaternary nitrogens is 1. The van der Waals surface area contributed by atoms with Crippen LogP contribution in [0.2, 0.25) is 0 Å². The zero-order valence-corrected chi connectivity index (χ0v) is 10.8. The van der Waals surface area contributed by atoms with Gasteiger partial charge in [-0.15, -0.1) is 0 Å². The predicted octanol–water partition coefficient (Wildman–Crippen LogP) is 0.760. The van der Waals surface area contributed by atoms with Gasteiger partial charge in [-0.2, -0.15) is 0 Å². The molecular weight excluding hydrogens is 214 g/mol. The van der Waals surface area contributed by atoms with Crippen LogP contribution in [-0.2, 0) is 4.74 Å². The van der Waals surface area contributed by atoms with Crippen LogP contribution in [0.5, 0.6) is 0 Å². The summed E-state index contributed by atoms with van der Waals surface area (Å²) in [6.07, 6.45) is -0.0113. The molecule has 0 bridgehead atoms. The highest BCUT2D eigenvalue weighted by molar-refractivity contribution is 5.16. The van der Waals surface area contributed by atoms with E-state index >= 15 is 0 Å². The Balaban J connectivity index is 2.25. The molecule has 0 spiro atoms. The second kappa shape index (κ2) is 4.77. The second-order valence-corrected chi connectivity index (χ2v) is 5.71. The summed E-state index contributed by atoms with van der Waals surface area (Å²) in [5.74, 6) is 0. The molecule has 1 unspecified atom stereocenters. The van der Waals surface area contributed by atoms with Crippen LogP contribution in [0.15, 0.2) is 30.3 Å². The molecule has 94 valence electrons. The Morgan fingerprint density at radius 2 is 1.94 bits per heavy atom. The van der Waals surface area contributed by atoms with E-state index in [9.17, 15) is 5.11 Å². The molecule has 3 heteroatoms. The number of ether oxygens (including phenoxy) is 1. The molecule has 1 aromatic carbocycles. The minimum atomic E-state index is -0.0468. The van der Waals surface area contributed by atoms with Crippen LogP contribution in [-0.4, -0.2) is 29.9 Å². The molecule has 0 radical (unpaired) electrons. The summed E-state index contributed by atoms with van der Waals surface area (Å²) in [6, 6.07) is 10.3. The highest BCUT2D eigenvalue weighted by Crippen LogP contribution is 2.19. The number of benzene rings is 1. The SMILES string of the molecule is CC(C)(C)[NH+]1C[C@H](CO)O[C@@H]1c1ccccc1. The molecule has 2 N–H and O–H groups in total. The average Bonchev–Trinajstić information content (AvgIpc) is 2.74. The third kappa shape index (κ3) is 2.68. The molecule has 1 heterocycles. The van der Waals surface area contributed by atoms with Crippen molar-refractivity contribution in [1.29, 1.82) is 0 Å². The highest BCUT2D eigenvalue weighted by atomic mass is 16.5. The molecule has 0 amide bonds. The number of aliphatic hydroxyl groups excluding tert-OH is 1. The molecule has 0 aromatic heterocycles. The molecule has 1 aromatic rings. The van der Waals surface area contributed by atoms with Gasteiger partial charge in [-0.05, 0) is 20.8 Å². The van der Waals surface area contributed by atoms with Crippen molar-refractivity contribution in [2.24, 2.45) is 0 Å². The Bertz CT molecular complexity index is 358. The second-order valence-electron chi connectivity index (χ2n) is 5.71. The first-order chi connectivity index (χ1) is 8.02. The van der Waals surface area contributed by atoms with E-state index in [1.807, 2.05) is 18.2 Å². The van der Waals surface area contributed by atoms with Crippen LogP contribution in [0.4, 0.5) is 0 Å². The number of hydrogen-bond acceptors (Lipinski definition) is 2. The third-order valence-corrected chi connectivity index (χ3v) is 3.36. The Morgan fingerprint density at radius 1 is 1.29 bits per heavy atom. The highest BCUT2D eigenvalue weighted by Gasteiger charge is 2.43. The molecule has 2 rings (SSSR count). The van der Waals surface area contributed by atoms with E-state index in [4.69, 9.17) is 4.74 Å². The fourth-order valence-electron chi connectivity index (χ4n) is 2.39. The van der Waals surface area contributed by atoms with Crippen LogP contribution < -0.4 is 4.90 Å². The molecule has 1 fully saturated rings. The summed E-state index contributed by atoms with van der Waals surface area (Å²) in [6.45, 7) is 7.59. The van der Waals surface area contributed by atoms with Gasteiger partial charge in [-0.25, -0.2) is 0 Å². The van der Waals surface area contributed by atoms with Crippen molar-refractivity contribution < 1.29 is 14.7 Å². The molecule has 0 aliphatic carbocycles. The maximum absolute atomic E-state index is 9.28. The zero-order valence-electron chi connectivity index (χ0n) is 10.8. The van der Waals surface area contributed by atoms with Crippen LogP contribution in [0.3, 0.4) is 0 Å². The van der Waals surface area contributed by atoms with Crippen LogP contribution >= 0.6 is 0 Å². The van der Waals surface area contributed by atoms with Gasteiger partial charge in [0.25, 0.3) is 0 Å². The molecule has 3 atom stereocenters. The van der Waals surface area contributed by atoms with E-state index in [2.05, 4.69) is 32.9 Å². The van der Waals surface area contributed by atoms with Crippen molar-refractivity contribution in [2.75, 3.05) is 13.2 Å². The smallest absolute Gasteiger partial charge is 0.219 e. The van der Waals surface area contributed by atoms with Gasteiger partial charge in [0.2, 0.25) is 6.23 Å². The van der Waals surface area contributed by atoms with Gasteiger partial charge >= 0.3 is 0 Å². The number of aliphatic hydroxyl groups is 1. The topological polar surface area (TPSA) is 33.9 Å². The summed E-state index contributed by atoms with van der Waals surface area (Å²) in [5.41, 5.74) is 1.30. The lowest BCUT2D eigenvalue weighted by atomic mass is 10.0. The fourth-order valence-corrected chi connectivity index (χ4v) is 2.39. The Kier molecular flexibility index (Phi) is 3.52. The number of hydrogen-bond donors (Lipinski definition) is 2. The fraction of sp³-hybridized carbons (Fsp3) is 0.571. The van der Waals surface area contributed by atoms with Gasteiger partial charge in [0.05, 0.1) is 12.1 Å². The average molecular weight is 236 g/mol. The van der Waals surface area contributed by atoms with Gasteiger partial charge < -0.3 is 9.84 Å². The zero-order chi connectivity index (χ0) is 12.5. The summed E-state index contributed by atoms with van der Waals surface area (Å²) >= 11 is 0. The van der Waals surface area contributed by atoms with E-state index in [1.165, 1.54) is 10.5 Å². The lowest BCUT2D eigenvalue weighted by Gasteiger charge is -2.32. The Hall–Kier alpha value is -0.900. The van der Waals surface area contributed by atoms with Gasteiger partial charge in [0.1, 0.15) is 12.6 Å². The number of nitrogens with one attached hydrogen (secondary N) is 1. The Labute approximate surface area is 103 Å². The first-order valence-electron chi connectivity index (χ1n) is 6.20. The normalized spacial score (nSPS) is 29.5. The maximum Gasteiger partial charge on any atom is 0.219 e. The van der Waals surface area contributed by atoms with Gasteiger partial charge in [-0.3, -0.25) is 4.90 Å². The van der Waals surface area contributed by atoms with Crippen molar-refractivity contribution in [3.05, 3.63) is 35.9 Å². The summed E-state index contributed by atoms with van der Waals surface area (Å²) in [4.78, 5) is 1.38. The molecule has 1 saturated heterocycles. The molecule has 1 aliphatic rings. The quantitative estimate of drug-likeness (QED) is 0.795. The minimum Gasteiger partial charge on any atom is -0.393 e. The first-order valence-corrected chi connectivity index (χ1v) is 6.20. The van der Waals surface area contributed by atoms with Crippen LogP contribution in [0, 0.1) is 0 Å². The van der Waals surface area contributed by atoms with Crippen molar-refractivity contribution in [3.8, 4) is 0 Å². The third-order valence-electron chi connectivity index (χ3n) is 3.36. The predicted molar refractivity (Wildman–Crippen MR) is 66.7 cm³/mol. The first kappa shape index (κ1) is 12.6. The van der Waals surface area contributed by atoms with E-state index in [0.29, 0.717) is 0 Å². The molecular formula is C14H22NO2+. The summed E-state index contributed by atoms with van der Waals surface area (Å²) in [7, 11) is 0. The van der Waals surface area contributed by atoms with Crippen molar-refractivity contribution in [2.45, 2.75) is 38.6 Å². The largest absolute Gasteiger partial charge is 0.393 e. The van der Waals surface area contributed by atoms with E-state index in [-0.39, 0.29) is 24.5 Å². The van der Waals surface area contributed by atoms with Crippen molar-refractivity contribution in [1.82, 2.24) is 0 Å². The van der Waals surface area contributed by atoms with E-state index < -0.39 is 0 Å². The molecule has 3 nitrogen and oxygen atoms in total. The van der Waals surface area contributed by atoms with Gasteiger partial charge in [-0.1, -0.05) is 30.3 Å². The van der Waals surface area contributed by atoms with Gasteiger partial charge in [0, 0.05) is 5.56 Å². The van der Waals surface area contributed by atoms with E-state index in [1.54, 1.807) is 0 Å². The van der Waals surface area contributed by atoms with Crippen molar-refractivity contribution >= 4 is 0 Å². The molecule has 1 aliphatic heterocycles.